The first-order chi connectivity index (χ1) is 10.7. The Morgan fingerprint density at radius 2 is 1.70 bits per heavy atom. The summed E-state index contributed by atoms with van der Waals surface area (Å²) >= 11 is 0. The molecule has 0 bridgehead atoms. The van der Waals surface area contributed by atoms with Gasteiger partial charge in [-0.1, -0.05) is 18.2 Å². The highest BCUT2D eigenvalue weighted by molar-refractivity contribution is 7.91. The van der Waals surface area contributed by atoms with Crippen molar-refractivity contribution in [3.05, 3.63) is 41.6 Å². The van der Waals surface area contributed by atoms with Gasteiger partial charge in [0.25, 0.3) is 0 Å². The molecule has 0 saturated carbocycles. The third kappa shape index (κ3) is 3.03. The molecule has 0 aliphatic carbocycles. The van der Waals surface area contributed by atoms with Crippen molar-refractivity contribution in [1.82, 2.24) is 4.57 Å². The topological polar surface area (TPSA) is 68.2 Å². The van der Waals surface area contributed by atoms with Crippen LogP contribution in [0.1, 0.15) is 38.1 Å². The second-order valence-electron chi connectivity index (χ2n) is 5.85. The molecule has 0 aliphatic heterocycles. The number of hydrogen-bond acceptors (Lipinski definition) is 3. The van der Waals surface area contributed by atoms with Crippen LogP contribution in [0.15, 0.2) is 40.1 Å². The summed E-state index contributed by atoms with van der Waals surface area (Å²) in [4.78, 5) is 12.0. The highest BCUT2D eigenvalue weighted by atomic mass is 32.2. The van der Waals surface area contributed by atoms with E-state index in [1.807, 2.05) is 25.3 Å². The van der Waals surface area contributed by atoms with Gasteiger partial charge in [-0.25, -0.2) is 8.42 Å². The fourth-order valence-electron chi connectivity index (χ4n) is 2.78. The van der Waals surface area contributed by atoms with Crippen LogP contribution in [0.4, 0.5) is 5.82 Å². The zero-order chi connectivity index (χ0) is 17.4. The first kappa shape index (κ1) is 17.3. The van der Waals surface area contributed by atoms with Gasteiger partial charge in [-0.3, -0.25) is 4.79 Å². The van der Waals surface area contributed by atoms with Crippen molar-refractivity contribution >= 4 is 21.6 Å². The summed E-state index contributed by atoms with van der Waals surface area (Å²) < 4.78 is 28.0. The molecule has 0 radical (unpaired) electrons. The number of benzene rings is 1. The van der Waals surface area contributed by atoms with Crippen molar-refractivity contribution in [3.8, 4) is 0 Å². The van der Waals surface area contributed by atoms with Gasteiger partial charge in [-0.05, 0) is 45.4 Å². The minimum absolute atomic E-state index is 0.0234. The second kappa shape index (κ2) is 6.20. The number of hydrogen-bond donors (Lipinski definition) is 1. The normalized spacial score (nSPS) is 11.7. The zero-order valence-corrected chi connectivity index (χ0v) is 14.9. The monoisotopic (exact) mass is 334 g/mol. The Labute approximate surface area is 137 Å². The first-order valence-electron chi connectivity index (χ1n) is 7.47. The van der Waals surface area contributed by atoms with Crippen LogP contribution in [-0.2, 0) is 14.6 Å². The van der Waals surface area contributed by atoms with E-state index in [0.717, 1.165) is 5.69 Å². The summed E-state index contributed by atoms with van der Waals surface area (Å²) in [5.41, 5.74) is 1.49. The van der Waals surface area contributed by atoms with E-state index >= 15 is 0 Å². The van der Waals surface area contributed by atoms with E-state index in [-0.39, 0.29) is 21.7 Å². The van der Waals surface area contributed by atoms with E-state index in [0.29, 0.717) is 11.4 Å². The fraction of sp³-hybridized carbons (Fsp3) is 0.353. The number of carbonyl (C=O) groups excluding carboxylic acids is 1. The summed E-state index contributed by atoms with van der Waals surface area (Å²) in [7, 11) is -3.72. The lowest BCUT2D eigenvalue weighted by Crippen LogP contribution is -2.16. The lowest BCUT2D eigenvalue weighted by Gasteiger charge is -2.16. The van der Waals surface area contributed by atoms with Gasteiger partial charge in [0.1, 0.15) is 10.7 Å². The molecule has 0 unspecified atom stereocenters. The van der Waals surface area contributed by atoms with Crippen LogP contribution in [-0.4, -0.2) is 18.9 Å². The van der Waals surface area contributed by atoms with Gasteiger partial charge in [0.05, 0.1) is 4.90 Å². The number of nitrogens with one attached hydrogen (secondary N) is 1. The molecule has 1 aromatic carbocycles. The van der Waals surface area contributed by atoms with Crippen molar-refractivity contribution in [1.29, 1.82) is 0 Å². The molecule has 0 atom stereocenters. The van der Waals surface area contributed by atoms with Gasteiger partial charge in [-0.15, -0.1) is 0 Å². The molecule has 1 heterocycles. The molecule has 0 fully saturated rings. The van der Waals surface area contributed by atoms with Gasteiger partial charge in [0.15, 0.2) is 0 Å². The van der Waals surface area contributed by atoms with Gasteiger partial charge in [-0.2, -0.15) is 0 Å². The Bertz CT molecular complexity index is 834. The number of amides is 1. The average Bonchev–Trinajstić information content (AvgIpc) is 2.71. The fourth-order valence-corrected chi connectivity index (χ4v) is 4.48. The summed E-state index contributed by atoms with van der Waals surface area (Å²) in [6.45, 7) is 8.93. The molecule has 0 saturated heterocycles. The van der Waals surface area contributed by atoms with Gasteiger partial charge in [0, 0.05) is 18.7 Å². The molecule has 1 amide bonds. The smallest absolute Gasteiger partial charge is 0.222 e. The predicted octanol–water partition coefficient (Wildman–Crippen LogP) is 3.48. The van der Waals surface area contributed by atoms with E-state index in [4.69, 9.17) is 0 Å². The largest absolute Gasteiger partial charge is 0.328 e. The SMILES string of the molecule is CC(=O)Nc1c(S(=O)(=O)c2ccccc2)c(C)c(C)n1C(C)C. The summed E-state index contributed by atoms with van der Waals surface area (Å²) in [5, 5.41) is 2.71. The minimum Gasteiger partial charge on any atom is -0.328 e. The number of rotatable bonds is 4. The number of anilines is 1. The molecule has 0 aliphatic rings. The van der Waals surface area contributed by atoms with E-state index in [2.05, 4.69) is 5.32 Å². The molecular weight excluding hydrogens is 312 g/mol. The van der Waals surface area contributed by atoms with Crippen LogP contribution in [0.25, 0.3) is 0 Å². The molecule has 124 valence electrons. The maximum absolute atomic E-state index is 13.1. The maximum Gasteiger partial charge on any atom is 0.222 e. The number of sulfone groups is 1. The van der Waals surface area contributed by atoms with E-state index < -0.39 is 9.84 Å². The summed E-state index contributed by atoms with van der Waals surface area (Å²) in [5.74, 6) is 0.0419. The van der Waals surface area contributed by atoms with E-state index in [1.54, 1.807) is 37.3 Å². The highest BCUT2D eigenvalue weighted by Crippen LogP contribution is 2.37. The maximum atomic E-state index is 13.1. The molecular formula is C17H22N2O3S. The van der Waals surface area contributed by atoms with Crippen molar-refractivity contribution in [2.24, 2.45) is 0 Å². The van der Waals surface area contributed by atoms with Gasteiger partial charge >= 0.3 is 0 Å². The number of carbonyl (C=O) groups is 1. The Morgan fingerprint density at radius 1 is 1.13 bits per heavy atom. The molecule has 1 N–H and O–H groups in total. The third-order valence-corrected chi connectivity index (χ3v) is 5.76. The Kier molecular flexibility index (Phi) is 4.66. The van der Waals surface area contributed by atoms with Crippen LogP contribution in [0.3, 0.4) is 0 Å². The minimum atomic E-state index is -3.72. The van der Waals surface area contributed by atoms with Crippen LogP contribution < -0.4 is 5.32 Å². The molecule has 23 heavy (non-hydrogen) atoms. The van der Waals surface area contributed by atoms with Crippen molar-refractivity contribution in [2.45, 2.75) is 50.5 Å². The lowest BCUT2D eigenvalue weighted by atomic mass is 10.3. The van der Waals surface area contributed by atoms with E-state index in [1.165, 1.54) is 6.92 Å². The van der Waals surface area contributed by atoms with Crippen LogP contribution in [0.2, 0.25) is 0 Å². The number of nitrogens with zero attached hydrogens (tertiary/aromatic N) is 1. The zero-order valence-electron chi connectivity index (χ0n) is 14.0. The van der Waals surface area contributed by atoms with E-state index in [9.17, 15) is 13.2 Å². The Morgan fingerprint density at radius 3 is 2.17 bits per heavy atom. The van der Waals surface area contributed by atoms with Gasteiger partial charge < -0.3 is 9.88 Å². The first-order valence-corrected chi connectivity index (χ1v) is 8.95. The molecule has 1 aromatic heterocycles. The summed E-state index contributed by atoms with van der Waals surface area (Å²) in [6.07, 6.45) is 0. The quantitative estimate of drug-likeness (QED) is 0.931. The van der Waals surface area contributed by atoms with Crippen LogP contribution in [0.5, 0.6) is 0 Å². The highest BCUT2D eigenvalue weighted by Gasteiger charge is 2.30. The average molecular weight is 334 g/mol. The van der Waals surface area contributed by atoms with Crippen LogP contribution >= 0.6 is 0 Å². The Hall–Kier alpha value is -2.08. The second-order valence-corrected chi connectivity index (χ2v) is 7.74. The predicted molar refractivity (Wildman–Crippen MR) is 90.5 cm³/mol. The molecule has 0 spiro atoms. The summed E-state index contributed by atoms with van der Waals surface area (Å²) in [6, 6.07) is 8.29. The van der Waals surface area contributed by atoms with Crippen molar-refractivity contribution < 1.29 is 13.2 Å². The molecule has 2 rings (SSSR count). The standard InChI is InChI=1S/C17H22N2O3S/c1-11(2)19-13(4)12(3)16(17(19)18-14(5)20)23(21,22)15-9-7-6-8-10-15/h6-11H,1-5H3,(H,18,20). The van der Waals surface area contributed by atoms with Gasteiger partial charge in [0.2, 0.25) is 15.7 Å². The molecule has 6 heteroatoms. The number of aromatic nitrogens is 1. The van der Waals surface area contributed by atoms with Crippen molar-refractivity contribution in [3.63, 3.8) is 0 Å². The van der Waals surface area contributed by atoms with Crippen molar-refractivity contribution in [2.75, 3.05) is 5.32 Å². The Balaban J connectivity index is 2.81. The lowest BCUT2D eigenvalue weighted by molar-refractivity contribution is -0.114. The van der Waals surface area contributed by atoms with Crippen LogP contribution in [0, 0.1) is 13.8 Å². The molecule has 5 nitrogen and oxygen atoms in total. The third-order valence-electron chi connectivity index (χ3n) is 3.83. The molecule has 2 aromatic rings.